The maximum atomic E-state index is 9.48. The zero-order chi connectivity index (χ0) is 13.9. The smallest absolute Gasteiger partial charge is 0.0587 e. The van der Waals surface area contributed by atoms with Gasteiger partial charge in [-0.3, -0.25) is 4.90 Å². The van der Waals surface area contributed by atoms with Crippen LogP contribution in [0.1, 0.15) is 18.4 Å². The van der Waals surface area contributed by atoms with E-state index in [1.807, 2.05) is 6.07 Å². The number of nitrogens with zero attached hydrogens (tertiary/aromatic N) is 1. The van der Waals surface area contributed by atoms with Crippen molar-refractivity contribution in [3.63, 3.8) is 0 Å². The van der Waals surface area contributed by atoms with E-state index in [-0.39, 0.29) is 25.3 Å². The summed E-state index contributed by atoms with van der Waals surface area (Å²) < 4.78 is 0. The fourth-order valence-corrected chi connectivity index (χ4v) is 3.21. The highest BCUT2D eigenvalue weighted by molar-refractivity contribution is 5.82. The van der Waals surface area contributed by atoms with Crippen molar-refractivity contribution in [3.05, 3.63) is 48.0 Å². The molecule has 0 unspecified atom stereocenters. The quantitative estimate of drug-likeness (QED) is 0.895. The van der Waals surface area contributed by atoms with Crippen molar-refractivity contribution >= 4 is 10.8 Å². The topological polar surface area (TPSA) is 43.7 Å². The van der Waals surface area contributed by atoms with Crippen LogP contribution < -0.4 is 0 Å². The Balaban J connectivity index is 1.84. The Morgan fingerprint density at radius 1 is 0.900 bits per heavy atom. The fourth-order valence-electron chi connectivity index (χ4n) is 3.21. The van der Waals surface area contributed by atoms with Crippen LogP contribution in [-0.2, 0) is 6.54 Å². The summed E-state index contributed by atoms with van der Waals surface area (Å²) in [5, 5.41) is 21.4. The first-order chi connectivity index (χ1) is 9.81. The summed E-state index contributed by atoms with van der Waals surface area (Å²) in [6.07, 6.45) is 1.94. The van der Waals surface area contributed by atoms with Gasteiger partial charge in [0.25, 0.3) is 0 Å². The second-order valence-corrected chi connectivity index (χ2v) is 5.60. The lowest BCUT2D eigenvalue weighted by atomic mass is 10.1. The summed E-state index contributed by atoms with van der Waals surface area (Å²) in [7, 11) is 0. The molecule has 0 saturated carbocycles. The molecule has 0 radical (unpaired) electrons. The van der Waals surface area contributed by atoms with Crippen molar-refractivity contribution < 1.29 is 10.2 Å². The highest BCUT2D eigenvalue weighted by atomic mass is 16.3. The van der Waals surface area contributed by atoms with Crippen LogP contribution in [0.5, 0.6) is 0 Å². The molecule has 0 bridgehead atoms. The summed E-state index contributed by atoms with van der Waals surface area (Å²) in [5.74, 6) is 0. The molecule has 3 nitrogen and oxygen atoms in total. The average molecular weight is 271 g/mol. The average Bonchev–Trinajstić information content (AvgIpc) is 2.89. The summed E-state index contributed by atoms with van der Waals surface area (Å²) in [6, 6.07) is 15.2. The number of rotatable bonds is 4. The predicted octanol–water partition coefficient (Wildman–Crippen LogP) is 2.16. The highest BCUT2D eigenvalue weighted by Gasteiger charge is 2.32. The van der Waals surface area contributed by atoms with E-state index in [1.54, 1.807) is 0 Å². The van der Waals surface area contributed by atoms with E-state index in [9.17, 15) is 10.2 Å². The first-order valence-corrected chi connectivity index (χ1v) is 7.27. The Labute approximate surface area is 119 Å². The molecule has 0 spiro atoms. The monoisotopic (exact) mass is 271 g/mol. The lowest BCUT2D eigenvalue weighted by Gasteiger charge is -2.28. The minimum Gasteiger partial charge on any atom is -0.395 e. The molecule has 0 aliphatic carbocycles. The van der Waals surface area contributed by atoms with Gasteiger partial charge in [-0.25, -0.2) is 0 Å². The number of aliphatic hydroxyl groups excluding tert-OH is 2. The Hall–Kier alpha value is -1.42. The molecule has 0 amide bonds. The molecule has 1 aliphatic rings. The molecule has 2 aromatic rings. The Kier molecular flexibility index (Phi) is 4.01. The van der Waals surface area contributed by atoms with Crippen molar-refractivity contribution in [2.75, 3.05) is 13.2 Å². The van der Waals surface area contributed by atoms with Gasteiger partial charge in [0, 0.05) is 18.6 Å². The van der Waals surface area contributed by atoms with Crippen LogP contribution in [0.2, 0.25) is 0 Å². The van der Waals surface area contributed by atoms with Crippen LogP contribution in [0.15, 0.2) is 42.5 Å². The van der Waals surface area contributed by atoms with Crippen molar-refractivity contribution in [3.8, 4) is 0 Å². The molecular weight excluding hydrogens is 250 g/mol. The van der Waals surface area contributed by atoms with Gasteiger partial charge in [-0.05, 0) is 35.2 Å². The van der Waals surface area contributed by atoms with Crippen molar-refractivity contribution in [1.82, 2.24) is 4.90 Å². The molecule has 20 heavy (non-hydrogen) atoms. The zero-order valence-electron chi connectivity index (χ0n) is 11.6. The molecule has 1 saturated heterocycles. The van der Waals surface area contributed by atoms with Gasteiger partial charge in [0.1, 0.15) is 0 Å². The standard InChI is InChI=1S/C17H21NO2/c19-11-16-7-8-17(12-20)18(16)10-13-5-6-14-3-1-2-4-15(14)9-13/h1-6,9,16-17,19-20H,7-8,10-12H2/t16-,17-/m0/s1. The molecule has 1 heterocycles. The third-order valence-electron chi connectivity index (χ3n) is 4.37. The number of hydrogen-bond acceptors (Lipinski definition) is 3. The van der Waals surface area contributed by atoms with E-state index in [2.05, 4.69) is 41.3 Å². The summed E-state index contributed by atoms with van der Waals surface area (Å²) in [4.78, 5) is 2.24. The largest absolute Gasteiger partial charge is 0.395 e. The molecule has 2 atom stereocenters. The Bertz CT molecular complexity index is 572. The van der Waals surface area contributed by atoms with Gasteiger partial charge in [0.2, 0.25) is 0 Å². The van der Waals surface area contributed by atoms with Crippen LogP contribution in [0, 0.1) is 0 Å². The lowest BCUT2D eigenvalue weighted by molar-refractivity contribution is 0.0903. The molecule has 2 N–H and O–H groups in total. The molecule has 3 heteroatoms. The maximum absolute atomic E-state index is 9.48. The SMILES string of the molecule is OC[C@@H]1CC[C@@H](CO)N1Cc1ccc2ccccc2c1. The number of likely N-dealkylation sites (tertiary alicyclic amines) is 1. The molecular formula is C17H21NO2. The van der Waals surface area contributed by atoms with Crippen LogP contribution in [0.4, 0.5) is 0 Å². The Morgan fingerprint density at radius 2 is 1.55 bits per heavy atom. The van der Waals surface area contributed by atoms with Crippen molar-refractivity contribution in [2.45, 2.75) is 31.5 Å². The van der Waals surface area contributed by atoms with Gasteiger partial charge >= 0.3 is 0 Å². The first-order valence-electron chi connectivity index (χ1n) is 7.27. The van der Waals surface area contributed by atoms with Crippen LogP contribution >= 0.6 is 0 Å². The minimum absolute atomic E-state index is 0.171. The van der Waals surface area contributed by atoms with Crippen LogP contribution in [-0.4, -0.2) is 40.4 Å². The highest BCUT2D eigenvalue weighted by Crippen LogP contribution is 2.26. The third kappa shape index (κ3) is 2.57. The Morgan fingerprint density at radius 3 is 2.20 bits per heavy atom. The number of fused-ring (bicyclic) bond motifs is 1. The van der Waals surface area contributed by atoms with Crippen molar-refractivity contribution in [2.24, 2.45) is 0 Å². The van der Waals surface area contributed by atoms with E-state index in [1.165, 1.54) is 16.3 Å². The lowest BCUT2D eigenvalue weighted by Crippen LogP contribution is -2.39. The zero-order valence-corrected chi connectivity index (χ0v) is 11.6. The summed E-state index contributed by atoms with van der Waals surface area (Å²) >= 11 is 0. The predicted molar refractivity (Wildman–Crippen MR) is 80.5 cm³/mol. The number of benzene rings is 2. The number of aliphatic hydroxyl groups is 2. The minimum atomic E-state index is 0.171. The van der Waals surface area contributed by atoms with E-state index in [0.717, 1.165) is 19.4 Å². The van der Waals surface area contributed by atoms with Gasteiger partial charge in [-0.1, -0.05) is 36.4 Å². The van der Waals surface area contributed by atoms with Crippen LogP contribution in [0.3, 0.4) is 0 Å². The fraction of sp³-hybridized carbons (Fsp3) is 0.412. The second kappa shape index (κ2) is 5.92. The van der Waals surface area contributed by atoms with E-state index in [4.69, 9.17) is 0 Å². The van der Waals surface area contributed by atoms with Gasteiger partial charge in [0.15, 0.2) is 0 Å². The van der Waals surface area contributed by atoms with Crippen molar-refractivity contribution in [1.29, 1.82) is 0 Å². The van der Waals surface area contributed by atoms with Crippen LogP contribution in [0.25, 0.3) is 10.8 Å². The summed E-state index contributed by atoms with van der Waals surface area (Å²) in [5.41, 5.74) is 1.24. The molecule has 2 aromatic carbocycles. The number of hydrogen-bond donors (Lipinski definition) is 2. The van der Waals surface area contributed by atoms with Gasteiger partial charge < -0.3 is 10.2 Å². The molecule has 1 fully saturated rings. The van der Waals surface area contributed by atoms with E-state index >= 15 is 0 Å². The van der Waals surface area contributed by atoms with Gasteiger partial charge in [0.05, 0.1) is 13.2 Å². The third-order valence-corrected chi connectivity index (χ3v) is 4.37. The normalized spacial score (nSPS) is 23.5. The van der Waals surface area contributed by atoms with E-state index in [0.29, 0.717) is 0 Å². The summed E-state index contributed by atoms with van der Waals surface area (Å²) in [6.45, 7) is 1.13. The second-order valence-electron chi connectivity index (χ2n) is 5.60. The molecule has 3 rings (SSSR count). The van der Waals surface area contributed by atoms with Gasteiger partial charge in [-0.2, -0.15) is 0 Å². The maximum Gasteiger partial charge on any atom is 0.0587 e. The molecule has 106 valence electrons. The van der Waals surface area contributed by atoms with E-state index < -0.39 is 0 Å². The van der Waals surface area contributed by atoms with Gasteiger partial charge in [-0.15, -0.1) is 0 Å². The molecule has 0 aromatic heterocycles. The molecule has 1 aliphatic heterocycles. The first kappa shape index (κ1) is 13.6.